The van der Waals surface area contributed by atoms with E-state index in [1.54, 1.807) is 33.2 Å². The van der Waals surface area contributed by atoms with Crippen LogP contribution in [0.1, 0.15) is 34.8 Å². The molecule has 182 valence electrons. The standard InChI is InChI=1S/C21H27N7O5S/c1-14-18(12-24-26(14)2)34(31,32)28-8-4-6-15(13-28)20(29)25-17-11-23-27(3)19(17)21(30)22-10-16-7-5-9-33-16/h5,7,9,11-12,15H,4,6,8,10,13H2,1-3H3,(H,22,30)(H,25,29)/t15-/m1/s1. The monoisotopic (exact) mass is 489 g/mol. The number of aryl methyl sites for hydroxylation is 2. The number of nitrogens with zero attached hydrogens (tertiary/aromatic N) is 5. The van der Waals surface area contributed by atoms with Crippen LogP contribution < -0.4 is 10.6 Å². The van der Waals surface area contributed by atoms with E-state index in [1.807, 2.05) is 0 Å². The normalized spacial score (nSPS) is 17.0. The Morgan fingerprint density at radius 1 is 1.21 bits per heavy atom. The van der Waals surface area contributed by atoms with Crippen LogP contribution in [0.2, 0.25) is 0 Å². The zero-order chi connectivity index (χ0) is 24.5. The van der Waals surface area contributed by atoms with Gasteiger partial charge < -0.3 is 15.1 Å². The van der Waals surface area contributed by atoms with Crippen LogP contribution >= 0.6 is 0 Å². The minimum absolute atomic E-state index is 0.0444. The highest BCUT2D eigenvalue weighted by molar-refractivity contribution is 7.89. The van der Waals surface area contributed by atoms with Crippen molar-refractivity contribution in [3.63, 3.8) is 0 Å². The molecule has 1 aliphatic heterocycles. The molecule has 34 heavy (non-hydrogen) atoms. The van der Waals surface area contributed by atoms with Gasteiger partial charge in [-0.2, -0.15) is 14.5 Å². The van der Waals surface area contributed by atoms with E-state index in [2.05, 4.69) is 20.8 Å². The number of piperidine rings is 1. The van der Waals surface area contributed by atoms with Crippen molar-refractivity contribution in [2.75, 3.05) is 18.4 Å². The van der Waals surface area contributed by atoms with Crippen LogP contribution in [0.3, 0.4) is 0 Å². The number of hydrogen-bond donors (Lipinski definition) is 2. The lowest BCUT2D eigenvalue weighted by Crippen LogP contribution is -2.43. The molecule has 4 heterocycles. The lowest BCUT2D eigenvalue weighted by Gasteiger charge is -2.31. The summed E-state index contributed by atoms with van der Waals surface area (Å²) in [5, 5.41) is 13.6. The Labute approximate surface area is 197 Å². The van der Waals surface area contributed by atoms with E-state index in [9.17, 15) is 18.0 Å². The molecule has 4 rings (SSSR count). The number of amides is 2. The number of nitrogens with one attached hydrogen (secondary N) is 2. The molecule has 2 amide bonds. The molecular weight excluding hydrogens is 462 g/mol. The Balaban J connectivity index is 1.45. The second-order valence-corrected chi connectivity index (χ2v) is 10.1. The average molecular weight is 490 g/mol. The summed E-state index contributed by atoms with van der Waals surface area (Å²) in [5.74, 6) is -0.768. The smallest absolute Gasteiger partial charge is 0.272 e. The maximum atomic E-state index is 13.1. The Kier molecular flexibility index (Phi) is 6.57. The molecule has 1 saturated heterocycles. The molecule has 3 aromatic rings. The summed E-state index contributed by atoms with van der Waals surface area (Å²) in [6.07, 6.45) is 5.32. The fourth-order valence-electron chi connectivity index (χ4n) is 3.94. The topological polar surface area (TPSA) is 144 Å². The first kappa shape index (κ1) is 23.7. The second-order valence-electron chi connectivity index (χ2n) is 8.20. The van der Waals surface area contributed by atoms with Gasteiger partial charge in [0, 0.05) is 27.2 Å². The predicted octanol–water partition coefficient (Wildman–Crippen LogP) is 1.02. The Morgan fingerprint density at radius 2 is 1.97 bits per heavy atom. The summed E-state index contributed by atoms with van der Waals surface area (Å²) in [5.41, 5.74) is 0.978. The molecule has 0 aliphatic carbocycles. The van der Waals surface area contributed by atoms with E-state index >= 15 is 0 Å². The van der Waals surface area contributed by atoms with Crippen molar-refractivity contribution < 1.29 is 22.4 Å². The van der Waals surface area contributed by atoms with Gasteiger partial charge in [-0.15, -0.1) is 0 Å². The lowest BCUT2D eigenvalue weighted by molar-refractivity contribution is -0.120. The first-order valence-electron chi connectivity index (χ1n) is 10.8. The van der Waals surface area contributed by atoms with Crippen molar-refractivity contribution in [1.29, 1.82) is 0 Å². The molecule has 0 saturated carbocycles. The summed E-state index contributed by atoms with van der Waals surface area (Å²) in [6.45, 7) is 2.25. The summed E-state index contributed by atoms with van der Waals surface area (Å²) >= 11 is 0. The van der Waals surface area contributed by atoms with E-state index < -0.39 is 21.8 Å². The molecular formula is C21H27N7O5S. The van der Waals surface area contributed by atoms with E-state index in [0.717, 1.165) is 0 Å². The molecule has 12 nitrogen and oxygen atoms in total. The van der Waals surface area contributed by atoms with E-state index in [0.29, 0.717) is 30.8 Å². The van der Waals surface area contributed by atoms with Crippen LogP contribution in [-0.4, -0.2) is 57.2 Å². The van der Waals surface area contributed by atoms with Gasteiger partial charge in [-0.1, -0.05) is 0 Å². The van der Waals surface area contributed by atoms with Crippen LogP contribution in [0, 0.1) is 12.8 Å². The molecule has 1 aliphatic rings. The SMILES string of the molecule is Cc1c(S(=O)(=O)N2CCC[C@@H](C(=O)Nc3cnn(C)c3C(=O)NCc3ccco3)C2)cnn1C. The minimum atomic E-state index is -3.78. The van der Waals surface area contributed by atoms with Crippen LogP contribution in [0.4, 0.5) is 5.69 Å². The second kappa shape index (κ2) is 9.43. The molecule has 2 N–H and O–H groups in total. The third kappa shape index (κ3) is 4.61. The van der Waals surface area contributed by atoms with Gasteiger partial charge in [0.2, 0.25) is 15.9 Å². The van der Waals surface area contributed by atoms with Crippen LogP contribution in [0.15, 0.2) is 40.1 Å². The molecule has 0 unspecified atom stereocenters. The third-order valence-corrected chi connectivity index (χ3v) is 7.95. The van der Waals surface area contributed by atoms with Gasteiger partial charge in [-0.3, -0.25) is 19.0 Å². The zero-order valence-electron chi connectivity index (χ0n) is 19.2. The van der Waals surface area contributed by atoms with Crippen molar-refractivity contribution >= 4 is 27.5 Å². The van der Waals surface area contributed by atoms with Crippen molar-refractivity contribution in [2.45, 2.75) is 31.2 Å². The van der Waals surface area contributed by atoms with E-state index in [4.69, 9.17) is 4.42 Å². The Morgan fingerprint density at radius 3 is 2.65 bits per heavy atom. The fourth-order valence-corrected chi connectivity index (χ4v) is 5.65. The highest BCUT2D eigenvalue weighted by Gasteiger charge is 2.35. The maximum Gasteiger partial charge on any atom is 0.272 e. The van der Waals surface area contributed by atoms with Gasteiger partial charge >= 0.3 is 0 Å². The number of hydrogen-bond acceptors (Lipinski definition) is 7. The lowest BCUT2D eigenvalue weighted by atomic mass is 9.98. The zero-order valence-corrected chi connectivity index (χ0v) is 20.0. The number of anilines is 1. The molecule has 1 fully saturated rings. The average Bonchev–Trinajstić information content (AvgIpc) is 3.54. The van der Waals surface area contributed by atoms with Gasteiger partial charge in [0.15, 0.2) is 0 Å². The summed E-state index contributed by atoms with van der Waals surface area (Å²) < 4.78 is 35.7. The fraction of sp³-hybridized carbons (Fsp3) is 0.429. The van der Waals surface area contributed by atoms with Crippen molar-refractivity contribution in [3.05, 3.63) is 47.9 Å². The molecule has 0 radical (unpaired) electrons. The summed E-state index contributed by atoms with van der Waals surface area (Å²) in [4.78, 5) is 25.9. The molecule has 3 aromatic heterocycles. The first-order chi connectivity index (χ1) is 16.2. The minimum Gasteiger partial charge on any atom is -0.467 e. The highest BCUT2D eigenvalue weighted by atomic mass is 32.2. The van der Waals surface area contributed by atoms with Gasteiger partial charge in [0.05, 0.1) is 42.5 Å². The maximum absolute atomic E-state index is 13.1. The van der Waals surface area contributed by atoms with Gasteiger partial charge in [0.1, 0.15) is 16.3 Å². The van der Waals surface area contributed by atoms with Crippen molar-refractivity contribution in [2.24, 2.45) is 20.0 Å². The number of carbonyl (C=O) groups is 2. The number of carbonyl (C=O) groups excluding carboxylic acids is 2. The quantitative estimate of drug-likeness (QED) is 0.504. The van der Waals surface area contributed by atoms with Crippen molar-refractivity contribution in [1.82, 2.24) is 29.2 Å². The van der Waals surface area contributed by atoms with Gasteiger partial charge in [-0.25, -0.2) is 8.42 Å². The number of rotatable bonds is 7. The van der Waals surface area contributed by atoms with Crippen LogP contribution in [-0.2, 0) is 35.5 Å². The number of aromatic nitrogens is 4. The third-order valence-electron chi connectivity index (χ3n) is 5.98. The van der Waals surface area contributed by atoms with Crippen molar-refractivity contribution in [3.8, 4) is 0 Å². The highest BCUT2D eigenvalue weighted by Crippen LogP contribution is 2.26. The summed E-state index contributed by atoms with van der Waals surface area (Å²) in [6, 6.07) is 3.46. The molecule has 1 atom stereocenters. The molecule has 0 aromatic carbocycles. The largest absolute Gasteiger partial charge is 0.467 e. The van der Waals surface area contributed by atoms with Gasteiger partial charge in [0.25, 0.3) is 5.91 Å². The van der Waals surface area contributed by atoms with E-state index in [1.165, 1.54) is 32.3 Å². The molecule has 0 bridgehead atoms. The Hall–Kier alpha value is -3.45. The number of sulfonamides is 1. The predicted molar refractivity (Wildman–Crippen MR) is 121 cm³/mol. The molecule has 13 heteroatoms. The first-order valence-corrected chi connectivity index (χ1v) is 12.2. The van der Waals surface area contributed by atoms with E-state index in [-0.39, 0.29) is 35.3 Å². The summed E-state index contributed by atoms with van der Waals surface area (Å²) in [7, 11) is -0.500. The Bertz CT molecular complexity index is 1290. The van der Waals surface area contributed by atoms with Crippen LogP contribution in [0.5, 0.6) is 0 Å². The molecule has 0 spiro atoms. The van der Waals surface area contributed by atoms with Gasteiger partial charge in [-0.05, 0) is 31.9 Å². The van der Waals surface area contributed by atoms with Crippen LogP contribution in [0.25, 0.3) is 0 Å². The number of furan rings is 1.